The Hall–Kier alpha value is -3.31. The summed E-state index contributed by atoms with van der Waals surface area (Å²) in [4.78, 5) is 17.4. The number of amides is 1. The summed E-state index contributed by atoms with van der Waals surface area (Å²) in [6.07, 6.45) is 0. The molecule has 7 nitrogen and oxygen atoms in total. The molecule has 2 aromatic heterocycles. The second-order valence-electron chi connectivity index (χ2n) is 4.91. The van der Waals surface area contributed by atoms with Crippen molar-refractivity contribution >= 4 is 44.7 Å². The highest BCUT2D eigenvalue weighted by Gasteiger charge is 2.19. The Morgan fingerprint density at radius 2 is 2.04 bits per heavy atom. The summed E-state index contributed by atoms with van der Waals surface area (Å²) in [6, 6.07) is 10.4. The molecule has 2 heterocycles. The van der Waals surface area contributed by atoms with Gasteiger partial charge in [0.15, 0.2) is 0 Å². The molecule has 5 N–H and O–H groups in total. The molecule has 3 rings (SSSR count). The molecule has 120 valence electrons. The van der Waals surface area contributed by atoms with Crippen LogP contribution in [0.4, 0.5) is 17.2 Å². The number of ether oxygens (including phenoxy) is 1. The molecule has 1 amide bonds. The summed E-state index contributed by atoms with van der Waals surface area (Å²) in [5.74, 6) is 0.462. The summed E-state index contributed by atoms with van der Waals surface area (Å²) in [7, 11) is 1.57. The fourth-order valence-electron chi connectivity index (χ4n) is 2.18. The third kappa shape index (κ3) is 2.68. The Bertz CT molecular complexity index is 973. The van der Waals surface area contributed by atoms with Crippen molar-refractivity contribution in [2.45, 2.75) is 0 Å². The van der Waals surface area contributed by atoms with E-state index in [9.17, 15) is 4.79 Å². The zero-order valence-corrected chi connectivity index (χ0v) is 13.5. The second-order valence-corrected chi connectivity index (χ2v) is 5.91. The molecular weight excluding hydrogens is 326 g/mol. The lowest BCUT2D eigenvalue weighted by atomic mass is 10.2. The van der Waals surface area contributed by atoms with Crippen LogP contribution in [0.1, 0.15) is 15.2 Å². The van der Waals surface area contributed by atoms with E-state index >= 15 is 0 Å². The first-order valence-electron chi connectivity index (χ1n) is 6.87. The van der Waals surface area contributed by atoms with Crippen LogP contribution in [0, 0.1) is 11.3 Å². The number of anilines is 3. The number of carbonyl (C=O) groups excluding carboxylic acids is 1. The third-order valence-electron chi connectivity index (χ3n) is 3.43. The van der Waals surface area contributed by atoms with Gasteiger partial charge in [0.1, 0.15) is 27.3 Å². The SMILES string of the molecule is COc1ccc(NC(=O)c2sc3nc(N)c(C#N)cc3c2N)cc1. The molecule has 0 atom stereocenters. The third-order valence-corrected chi connectivity index (χ3v) is 4.54. The number of nitrogens with two attached hydrogens (primary N) is 2. The molecule has 0 unspecified atom stereocenters. The van der Waals surface area contributed by atoms with Crippen molar-refractivity contribution in [2.24, 2.45) is 0 Å². The first kappa shape index (κ1) is 15.6. The largest absolute Gasteiger partial charge is 0.497 e. The standard InChI is InChI=1S/C16H13N5O2S/c1-23-10-4-2-9(3-5-10)20-15(22)13-12(18)11-6-8(7-17)14(19)21-16(11)24-13/h2-6H,18H2,1H3,(H2,19,21)(H,20,22). The van der Waals surface area contributed by atoms with E-state index in [0.717, 1.165) is 11.3 Å². The number of nitrogen functional groups attached to an aromatic ring is 2. The maximum atomic E-state index is 12.5. The number of nitrogens with one attached hydrogen (secondary N) is 1. The van der Waals surface area contributed by atoms with Crippen LogP contribution in [-0.4, -0.2) is 18.0 Å². The van der Waals surface area contributed by atoms with Crippen molar-refractivity contribution in [1.82, 2.24) is 4.98 Å². The molecule has 0 aliphatic rings. The molecule has 0 spiro atoms. The Morgan fingerprint density at radius 3 is 2.67 bits per heavy atom. The second kappa shape index (κ2) is 6.06. The Kier molecular flexibility index (Phi) is 3.93. The van der Waals surface area contributed by atoms with Gasteiger partial charge >= 0.3 is 0 Å². The maximum Gasteiger partial charge on any atom is 0.267 e. The molecule has 0 bridgehead atoms. The Balaban J connectivity index is 1.94. The van der Waals surface area contributed by atoms with Crippen molar-refractivity contribution < 1.29 is 9.53 Å². The highest BCUT2D eigenvalue weighted by atomic mass is 32.1. The maximum absolute atomic E-state index is 12.5. The Labute approximate surface area is 141 Å². The number of thiophene rings is 1. The number of methoxy groups -OCH3 is 1. The van der Waals surface area contributed by atoms with Crippen LogP contribution >= 0.6 is 11.3 Å². The van der Waals surface area contributed by atoms with Gasteiger partial charge in [-0.2, -0.15) is 5.26 Å². The first-order chi connectivity index (χ1) is 11.5. The van der Waals surface area contributed by atoms with Crippen molar-refractivity contribution in [2.75, 3.05) is 23.9 Å². The van der Waals surface area contributed by atoms with Gasteiger partial charge in [0.25, 0.3) is 5.91 Å². The van der Waals surface area contributed by atoms with E-state index in [0.29, 0.717) is 26.5 Å². The zero-order valence-electron chi connectivity index (χ0n) is 12.7. The number of hydrogen-bond donors (Lipinski definition) is 3. The lowest BCUT2D eigenvalue weighted by molar-refractivity contribution is 0.103. The number of hydrogen-bond acceptors (Lipinski definition) is 7. The lowest BCUT2D eigenvalue weighted by Gasteiger charge is -2.05. The van der Waals surface area contributed by atoms with Crippen LogP contribution in [0.15, 0.2) is 30.3 Å². The average Bonchev–Trinajstić information content (AvgIpc) is 2.90. The molecule has 0 radical (unpaired) electrons. The van der Waals surface area contributed by atoms with Crippen molar-refractivity contribution in [3.63, 3.8) is 0 Å². The van der Waals surface area contributed by atoms with Gasteiger partial charge in [-0.05, 0) is 30.3 Å². The minimum Gasteiger partial charge on any atom is -0.497 e. The van der Waals surface area contributed by atoms with Gasteiger partial charge in [-0.15, -0.1) is 11.3 Å². The van der Waals surface area contributed by atoms with Gasteiger partial charge < -0.3 is 21.5 Å². The molecule has 0 saturated heterocycles. The summed E-state index contributed by atoms with van der Waals surface area (Å²) in [6.45, 7) is 0. The van der Waals surface area contributed by atoms with Crippen LogP contribution in [0.3, 0.4) is 0 Å². The number of rotatable bonds is 3. The van der Waals surface area contributed by atoms with E-state index in [2.05, 4.69) is 10.3 Å². The van der Waals surface area contributed by atoms with Gasteiger partial charge in [0, 0.05) is 11.1 Å². The molecule has 0 aliphatic heterocycles. The lowest BCUT2D eigenvalue weighted by Crippen LogP contribution is -2.11. The Morgan fingerprint density at radius 1 is 1.33 bits per heavy atom. The minimum atomic E-state index is -0.349. The van der Waals surface area contributed by atoms with Crippen molar-refractivity contribution in [1.29, 1.82) is 5.26 Å². The van der Waals surface area contributed by atoms with Crippen molar-refractivity contribution in [3.05, 3.63) is 40.8 Å². The fourth-order valence-corrected chi connectivity index (χ4v) is 3.15. The zero-order chi connectivity index (χ0) is 17.3. The average molecular weight is 339 g/mol. The van der Waals surface area contributed by atoms with E-state index in [4.69, 9.17) is 21.5 Å². The van der Waals surface area contributed by atoms with E-state index in [-0.39, 0.29) is 23.0 Å². The minimum absolute atomic E-state index is 0.119. The molecule has 24 heavy (non-hydrogen) atoms. The van der Waals surface area contributed by atoms with E-state index in [1.807, 2.05) is 6.07 Å². The molecule has 8 heteroatoms. The van der Waals surface area contributed by atoms with Gasteiger partial charge in [0.05, 0.1) is 18.4 Å². The summed E-state index contributed by atoms with van der Waals surface area (Å²) < 4.78 is 5.07. The molecular formula is C16H13N5O2S. The molecule has 0 saturated carbocycles. The number of benzene rings is 1. The fraction of sp³-hybridized carbons (Fsp3) is 0.0625. The number of pyridine rings is 1. The highest BCUT2D eigenvalue weighted by Crippen LogP contribution is 2.34. The molecule has 0 fully saturated rings. The molecule has 0 aliphatic carbocycles. The molecule has 3 aromatic rings. The van der Waals surface area contributed by atoms with Crippen molar-refractivity contribution in [3.8, 4) is 11.8 Å². The number of nitrogens with zero attached hydrogens (tertiary/aromatic N) is 2. The number of carbonyl (C=O) groups is 1. The van der Waals surface area contributed by atoms with Gasteiger partial charge in [0.2, 0.25) is 0 Å². The van der Waals surface area contributed by atoms with Crippen LogP contribution < -0.4 is 21.5 Å². The van der Waals surface area contributed by atoms with E-state index < -0.39 is 0 Å². The van der Waals surface area contributed by atoms with Gasteiger partial charge in [-0.3, -0.25) is 4.79 Å². The quantitative estimate of drug-likeness (QED) is 0.673. The van der Waals surface area contributed by atoms with Crippen LogP contribution in [-0.2, 0) is 0 Å². The summed E-state index contributed by atoms with van der Waals surface area (Å²) in [5, 5.41) is 12.3. The highest BCUT2D eigenvalue weighted by molar-refractivity contribution is 7.21. The van der Waals surface area contributed by atoms with Crippen LogP contribution in [0.5, 0.6) is 5.75 Å². The summed E-state index contributed by atoms with van der Waals surface area (Å²) >= 11 is 1.13. The van der Waals surface area contributed by atoms with E-state index in [1.54, 1.807) is 37.4 Å². The van der Waals surface area contributed by atoms with Crippen LogP contribution in [0.25, 0.3) is 10.2 Å². The predicted octanol–water partition coefficient (Wildman–Crippen LogP) is 2.59. The van der Waals surface area contributed by atoms with E-state index in [1.165, 1.54) is 0 Å². The van der Waals surface area contributed by atoms with Gasteiger partial charge in [-0.25, -0.2) is 4.98 Å². The van der Waals surface area contributed by atoms with Gasteiger partial charge in [-0.1, -0.05) is 0 Å². The smallest absolute Gasteiger partial charge is 0.267 e. The normalized spacial score (nSPS) is 10.3. The first-order valence-corrected chi connectivity index (χ1v) is 7.69. The number of nitriles is 1. The number of aromatic nitrogens is 1. The predicted molar refractivity (Wildman–Crippen MR) is 94.1 cm³/mol. The monoisotopic (exact) mass is 339 g/mol. The topological polar surface area (TPSA) is 127 Å². The number of fused-ring (bicyclic) bond motifs is 1. The van der Waals surface area contributed by atoms with Crippen LogP contribution in [0.2, 0.25) is 0 Å². The molecule has 1 aromatic carbocycles. The summed E-state index contributed by atoms with van der Waals surface area (Å²) in [5.41, 5.74) is 12.9.